The zero-order chi connectivity index (χ0) is 22.0. The highest BCUT2D eigenvalue weighted by atomic mass is 32.2. The minimum atomic E-state index is -3.86. The minimum Gasteiger partial charge on any atom is -0.493 e. The van der Waals surface area contributed by atoms with Crippen molar-refractivity contribution in [2.24, 2.45) is 0 Å². The third-order valence-corrected chi connectivity index (χ3v) is 7.32. The molecule has 0 atom stereocenters. The van der Waals surface area contributed by atoms with Gasteiger partial charge in [0, 0.05) is 12.3 Å². The number of hydrogen-bond donors (Lipinski definition) is 2. The summed E-state index contributed by atoms with van der Waals surface area (Å²) in [5, 5.41) is 2.67. The van der Waals surface area contributed by atoms with Crippen molar-refractivity contribution >= 4 is 25.8 Å². The molecule has 0 fully saturated rings. The number of carbonyl (C=O) groups is 1. The fraction of sp³-hybridized carbons (Fsp3) is 0.350. The Labute approximate surface area is 177 Å². The monoisotopic (exact) mass is 454 g/mol. The molecule has 2 N–H and O–H groups in total. The Morgan fingerprint density at radius 2 is 1.63 bits per heavy atom. The molecule has 0 aliphatic carbocycles. The van der Waals surface area contributed by atoms with Crippen LogP contribution in [0.1, 0.15) is 12.5 Å². The van der Waals surface area contributed by atoms with Crippen molar-refractivity contribution in [3.63, 3.8) is 0 Å². The molecule has 0 radical (unpaired) electrons. The Morgan fingerprint density at radius 1 is 0.967 bits per heavy atom. The third-order valence-electron chi connectivity index (χ3n) is 4.24. The first-order valence-corrected chi connectivity index (χ1v) is 12.8. The van der Waals surface area contributed by atoms with Gasteiger partial charge in [-0.15, -0.1) is 0 Å². The number of sulfone groups is 1. The van der Waals surface area contributed by atoms with E-state index in [-0.39, 0.29) is 29.6 Å². The SMILES string of the molecule is CCS(=O)(=O)CCOc1ccc(S(=O)(=O)NCC(=O)NCCc2ccccc2)cc1. The molecule has 2 aromatic rings. The molecule has 1 amide bonds. The number of carbonyl (C=O) groups excluding carboxylic acids is 1. The third kappa shape index (κ3) is 8.13. The van der Waals surface area contributed by atoms with Crippen molar-refractivity contribution in [1.29, 1.82) is 0 Å². The fourth-order valence-electron chi connectivity index (χ4n) is 2.44. The van der Waals surface area contributed by atoms with Gasteiger partial charge in [0.25, 0.3) is 0 Å². The molecular weight excluding hydrogens is 428 g/mol. The lowest BCUT2D eigenvalue weighted by Crippen LogP contribution is -2.37. The van der Waals surface area contributed by atoms with Gasteiger partial charge in [-0.3, -0.25) is 4.79 Å². The second kappa shape index (κ2) is 11.1. The maximum atomic E-state index is 12.3. The molecule has 2 rings (SSSR count). The van der Waals surface area contributed by atoms with Gasteiger partial charge in [0.15, 0.2) is 9.84 Å². The van der Waals surface area contributed by atoms with Gasteiger partial charge in [0.1, 0.15) is 12.4 Å². The first-order chi connectivity index (χ1) is 14.2. The van der Waals surface area contributed by atoms with E-state index >= 15 is 0 Å². The number of amides is 1. The topological polar surface area (TPSA) is 119 Å². The molecule has 2 aromatic carbocycles. The zero-order valence-corrected chi connectivity index (χ0v) is 18.3. The standard InChI is InChI=1S/C20H26N2O6S2/c1-2-29(24,25)15-14-28-18-8-10-19(11-9-18)30(26,27)22-16-20(23)21-13-12-17-6-4-3-5-7-17/h3-11,22H,2,12-16H2,1H3,(H,21,23). The number of rotatable bonds is 12. The lowest BCUT2D eigenvalue weighted by molar-refractivity contribution is -0.119. The van der Waals surface area contributed by atoms with E-state index in [1.165, 1.54) is 24.3 Å². The summed E-state index contributed by atoms with van der Waals surface area (Å²) in [5.41, 5.74) is 1.08. The Balaban J connectivity index is 1.78. The van der Waals surface area contributed by atoms with Crippen molar-refractivity contribution in [3.8, 4) is 5.75 Å². The van der Waals surface area contributed by atoms with Gasteiger partial charge in [0.2, 0.25) is 15.9 Å². The van der Waals surface area contributed by atoms with Gasteiger partial charge in [-0.1, -0.05) is 37.3 Å². The van der Waals surface area contributed by atoms with Crippen LogP contribution in [0, 0.1) is 0 Å². The molecular formula is C20H26N2O6S2. The highest BCUT2D eigenvalue weighted by Gasteiger charge is 2.15. The molecule has 0 spiro atoms. The van der Waals surface area contributed by atoms with E-state index in [0.717, 1.165) is 5.56 Å². The van der Waals surface area contributed by atoms with Crippen LogP contribution >= 0.6 is 0 Å². The molecule has 0 saturated heterocycles. The Hall–Kier alpha value is -2.43. The van der Waals surface area contributed by atoms with E-state index in [0.29, 0.717) is 18.7 Å². The summed E-state index contributed by atoms with van der Waals surface area (Å²) in [4.78, 5) is 11.9. The van der Waals surface area contributed by atoms with Crippen LogP contribution in [0.2, 0.25) is 0 Å². The van der Waals surface area contributed by atoms with Crippen molar-refractivity contribution in [2.45, 2.75) is 18.2 Å². The Kier molecular flexibility index (Phi) is 8.82. The fourth-order valence-corrected chi connectivity index (χ4v) is 4.05. The van der Waals surface area contributed by atoms with Crippen LogP contribution in [0.25, 0.3) is 0 Å². The first-order valence-electron chi connectivity index (χ1n) is 9.45. The number of hydrogen-bond acceptors (Lipinski definition) is 6. The highest BCUT2D eigenvalue weighted by molar-refractivity contribution is 7.91. The lowest BCUT2D eigenvalue weighted by atomic mass is 10.1. The average molecular weight is 455 g/mol. The first kappa shape index (κ1) is 23.8. The summed E-state index contributed by atoms with van der Waals surface area (Å²) in [7, 11) is -6.99. The molecule has 0 aliphatic heterocycles. The van der Waals surface area contributed by atoms with Crippen LogP contribution in [0.3, 0.4) is 0 Å². The van der Waals surface area contributed by atoms with Crippen LogP contribution < -0.4 is 14.8 Å². The largest absolute Gasteiger partial charge is 0.493 e. The molecule has 0 aliphatic rings. The molecule has 30 heavy (non-hydrogen) atoms. The minimum absolute atomic E-state index is 0.0102. The molecule has 164 valence electrons. The van der Waals surface area contributed by atoms with Gasteiger partial charge in [-0.2, -0.15) is 0 Å². The maximum absolute atomic E-state index is 12.3. The van der Waals surface area contributed by atoms with Crippen LogP contribution in [-0.2, 0) is 31.1 Å². The predicted octanol–water partition coefficient (Wildman–Crippen LogP) is 1.14. The number of sulfonamides is 1. The van der Waals surface area contributed by atoms with Crippen LogP contribution in [0.15, 0.2) is 59.5 Å². The van der Waals surface area contributed by atoms with E-state index in [9.17, 15) is 21.6 Å². The number of nitrogens with one attached hydrogen (secondary N) is 2. The summed E-state index contributed by atoms with van der Waals surface area (Å²) in [6, 6.07) is 15.2. The number of benzene rings is 2. The Morgan fingerprint density at radius 3 is 2.27 bits per heavy atom. The molecule has 0 unspecified atom stereocenters. The Bertz CT molecular complexity index is 1020. The quantitative estimate of drug-likeness (QED) is 0.496. The van der Waals surface area contributed by atoms with Crippen LogP contribution in [-0.4, -0.2) is 53.9 Å². The molecule has 0 saturated carbocycles. The number of ether oxygens (including phenoxy) is 1. The maximum Gasteiger partial charge on any atom is 0.241 e. The lowest BCUT2D eigenvalue weighted by Gasteiger charge is -2.09. The molecule has 0 aromatic heterocycles. The second-order valence-corrected chi connectivity index (χ2v) is 10.7. The van der Waals surface area contributed by atoms with Crippen molar-refractivity contribution in [1.82, 2.24) is 10.0 Å². The summed E-state index contributed by atoms with van der Waals surface area (Å²) < 4.78 is 55.1. The summed E-state index contributed by atoms with van der Waals surface area (Å²) in [5.74, 6) is -0.130. The molecule has 0 heterocycles. The van der Waals surface area contributed by atoms with Crippen molar-refractivity contribution < 1.29 is 26.4 Å². The van der Waals surface area contributed by atoms with Crippen LogP contribution in [0.4, 0.5) is 0 Å². The predicted molar refractivity (Wildman–Crippen MR) is 115 cm³/mol. The molecule has 8 nitrogen and oxygen atoms in total. The zero-order valence-electron chi connectivity index (χ0n) is 16.7. The van der Waals surface area contributed by atoms with Crippen molar-refractivity contribution in [3.05, 3.63) is 60.2 Å². The van der Waals surface area contributed by atoms with E-state index in [1.807, 2.05) is 30.3 Å². The smallest absolute Gasteiger partial charge is 0.241 e. The van der Waals surface area contributed by atoms with Gasteiger partial charge < -0.3 is 10.1 Å². The van der Waals surface area contributed by atoms with E-state index in [4.69, 9.17) is 4.74 Å². The van der Waals surface area contributed by atoms with Crippen molar-refractivity contribution in [2.75, 3.05) is 31.2 Å². The van der Waals surface area contributed by atoms with E-state index in [1.54, 1.807) is 6.92 Å². The second-order valence-electron chi connectivity index (χ2n) is 6.47. The van der Waals surface area contributed by atoms with Gasteiger partial charge in [-0.25, -0.2) is 21.6 Å². The highest BCUT2D eigenvalue weighted by Crippen LogP contribution is 2.16. The van der Waals surface area contributed by atoms with Gasteiger partial charge >= 0.3 is 0 Å². The van der Waals surface area contributed by atoms with Gasteiger partial charge in [0.05, 0.1) is 17.2 Å². The molecule has 0 bridgehead atoms. The summed E-state index contributed by atoms with van der Waals surface area (Å²) in [6.07, 6.45) is 0.653. The van der Waals surface area contributed by atoms with Gasteiger partial charge in [-0.05, 0) is 36.2 Å². The van der Waals surface area contributed by atoms with E-state index < -0.39 is 25.8 Å². The van der Waals surface area contributed by atoms with E-state index in [2.05, 4.69) is 10.0 Å². The average Bonchev–Trinajstić information content (AvgIpc) is 2.73. The molecule has 10 heteroatoms. The summed E-state index contributed by atoms with van der Waals surface area (Å²) in [6.45, 7) is 1.59. The van der Waals surface area contributed by atoms with Crippen LogP contribution in [0.5, 0.6) is 5.75 Å². The normalized spacial score (nSPS) is 11.8. The summed E-state index contributed by atoms with van der Waals surface area (Å²) >= 11 is 0.